The summed E-state index contributed by atoms with van der Waals surface area (Å²) in [6.07, 6.45) is 6.23. The Labute approximate surface area is 108 Å². The predicted octanol–water partition coefficient (Wildman–Crippen LogP) is 0.767. The number of rotatable bonds is 2. The maximum atomic E-state index is 4.44. The van der Waals surface area contributed by atoms with E-state index in [1.807, 2.05) is 13.2 Å². The maximum Gasteiger partial charge on any atom is 0.195 e. The summed E-state index contributed by atoms with van der Waals surface area (Å²) in [4.78, 5) is 6.45. The van der Waals surface area contributed by atoms with Crippen molar-refractivity contribution in [1.82, 2.24) is 20.0 Å². The number of anilines is 1. The Morgan fingerprint density at radius 1 is 1.44 bits per heavy atom. The molecule has 1 aromatic heterocycles. The third-order valence-electron chi connectivity index (χ3n) is 3.39. The van der Waals surface area contributed by atoms with Gasteiger partial charge < -0.3 is 15.5 Å². The first kappa shape index (κ1) is 12.9. The number of hydrogen-bond donors (Lipinski definition) is 2. The molecular weight excluding hydrogens is 228 g/mol. The molecule has 0 amide bonds. The minimum absolute atomic E-state index is 0.522. The number of piperidine rings is 1. The summed E-state index contributed by atoms with van der Waals surface area (Å²) < 4.78 is 2.07. The lowest BCUT2D eigenvalue weighted by Gasteiger charge is -2.28. The molecule has 2 heterocycles. The normalized spacial score (nSPS) is 18.9. The molecule has 18 heavy (non-hydrogen) atoms. The van der Waals surface area contributed by atoms with Gasteiger partial charge in [-0.25, -0.2) is 0 Å². The van der Waals surface area contributed by atoms with Gasteiger partial charge in [-0.1, -0.05) is 0 Å². The molecule has 0 saturated carbocycles. The fourth-order valence-corrected chi connectivity index (χ4v) is 2.23. The van der Waals surface area contributed by atoms with Crippen LogP contribution in [0.5, 0.6) is 0 Å². The summed E-state index contributed by atoms with van der Waals surface area (Å²) in [5.74, 6) is 0.748. The van der Waals surface area contributed by atoms with E-state index < -0.39 is 0 Å². The highest BCUT2D eigenvalue weighted by Crippen LogP contribution is 2.22. The SMILES string of the molecule is C/N=C(\NC)Nc1cnn(C2CCN(C)CC2)c1. The van der Waals surface area contributed by atoms with Gasteiger partial charge in [0.05, 0.1) is 17.9 Å². The van der Waals surface area contributed by atoms with Gasteiger partial charge in [0, 0.05) is 20.3 Å². The minimum atomic E-state index is 0.522. The molecule has 0 unspecified atom stereocenters. The molecule has 0 atom stereocenters. The van der Waals surface area contributed by atoms with E-state index in [4.69, 9.17) is 0 Å². The highest BCUT2D eigenvalue weighted by Gasteiger charge is 2.18. The average Bonchev–Trinajstić information content (AvgIpc) is 2.85. The van der Waals surface area contributed by atoms with E-state index in [0.29, 0.717) is 6.04 Å². The molecule has 0 radical (unpaired) electrons. The van der Waals surface area contributed by atoms with Crippen molar-refractivity contribution in [3.63, 3.8) is 0 Å². The second-order valence-electron chi connectivity index (χ2n) is 4.69. The average molecular weight is 250 g/mol. The van der Waals surface area contributed by atoms with Gasteiger partial charge in [0.25, 0.3) is 0 Å². The second kappa shape index (κ2) is 5.86. The smallest absolute Gasteiger partial charge is 0.195 e. The lowest BCUT2D eigenvalue weighted by Crippen LogP contribution is -2.31. The Morgan fingerprint density at radius 3 is 2.78 bits per heavy atom. The molecule has 0 spiro atoms. The van der Waals surface area contributed by atoms with Crippen LogP contribution in [-0.2, 0) is 0 Å². The van der Waals surface area contributed by atoms with Crippen LogP contribution in [0, 0.1) is 0 Å². The summed E-state index contributed by atoms with van der Waals surface area (Å²) >= 11 is 0. The third kappa shape index (κ3) is 3.01. The largest absolute Gasteiger partial charge is 0.359 e. The van der Waals surface area contributed by atoms with Gasteiger partial charge in [0.2, 0.25) is 0 Å². The molecular formula is C12H22N6. The van der Waals surface area contributed by atoms with Crippen molar-refractivity contribution in [1.29, 1.82) is 0 Å². The van der Waals surface area contributed by atoms with Crippen LogP contribution in [0.4, 0.5) is 5.69 Å². The lowest BCUT2D eigenvalue weighted by molar-refractivity contribution is 0.212. The van der Waals surface area contributed by atoms with Gasteiger partial charge in [-0.3, -0.25) is 9.67 Å². The molecule has 1 aromatic rings. The van der Waals surface area contributed by atoms with E-state index in [1.54, 1.807) is 7.05 Å². The Morgan fingerprint density at radius 2 is 2.17 bits per heavy atom. The molecule has 1 aliphatic heterocycles. The van der Waals surface area contributed by atoms with E-state index in [1.165, 1.54) is 12.8 Å². The Balaban J connectivity index is 1.97. The number of likely N-dealkylation sites (tertiary alicyclic amines) is 1. The number of aliphatic imine (C=N–C) groups is 1. The fraction of sp³-hybridized carbons (Fsp3) is 0.667. The number of aromatic nitrogens is 2. The zero-order chi connectivity index (χ0) is 13.0. The summed E-state index contributed by atoms with van der Waals surface area (Å²) in [5, 5.41) is 10.6. The number of nitrogens with zero attached hydrogens (tertiary/aromatic N) is 4. The number of nitrogens with one attached hydrogen (secondary N) is 2. The Kier molecular flexibility index (Phi) is 4.19. The number of guanidine groups is 1. The topological polar surface area (TPSA) is 57.5 Å². The van der Waals surface area contributed by atoms with Crippen molar-refractivity contribution >= 4 is 11.6 Å². The summed E-state index contributed by atoms with van der Waals surface area (Å²) in [5.41, 5.74) is 0.976. The Bertz CT molecular complexity index is 402. The van der Waals surface area contributed by atoms with Crippen LogP contribution in [0.25, 0.3) is 0 Å². The zero-order valence-electron chi connectivity index (χ0n) is 11.3. The van der Waals surface area contributed by atoms with Crippen LogP contribution in [-0.4, -0.2) is 54.9 Å². The van der Waals surface area contributed by atoms with Gasteiger partial charge in [-0.2, -0.15) is 5.10 Å². The second-order valence-corrected chi connectivity index (χ2v) is 4.69. The van der Waals surface area contributed by atoms with Crippen LogP contribution in [0.2, 0.25) is 0 Å². The van der Waals surface area contributed by atoms with Gasteiger partial charge in [-0.05, 0) is 33.0 Å². The molecule has 2 rings (SSSR count). The minimum Gasteiger partial charge on any atom is -0.359 e. The van der Waals surface area contributed by atoms with Crippen LogP contribution >= 0.6 is 0 Å². The van der Waals surface area contributed by atoms with Gasteiger partial charge in [0.1, 0.15) is 0 Å². The van der Waals surface area contributed by atoms with Gasteiger partial charge in [-0.15, -0.1) is 0 Å². The Hall–Kier alpha value is -1.56. The highest BCUT2D eigenvalue weighted by atomic mass is 15.3. The standard InChI is InChI=1S/C12H22N6/c1-13-12(14-2)16-10-8-15-18(9-10)11-4-6-17(3)7-5-11/h8-9,11H,4-7H2,1-3H3,(H2,13,14,16). The highest BCUT2D eigenvalue weighted by molar-refractivity contribution is 5.93. The molecule has 0 aliphatic carbocycles. The molecule has 0 bridgehead atoms. The molecule has 1 aliphatic rings. The first-order chi connectivity index (χ1) is 8.72. The van der Waals surface area contributed by atoms with Crippen molar-refractivity contribution in [2.24, 2.45) is 4.99 Å². The number of hydrogen-bond acceptors (Lipinski definition) is 3. The van der Waals surface area contributed by atoms with Crippen LogP contribution in [0.1, 0.15) is 18.9 Å². The molecule has 0 aromatic carbocycles. The van der Waals surface area contributed by atoms with Crippen molar-refractivity contribution in [3.05, 3.63) is 12.4 Å². The van der Waals surface area contributed by atoms with E-state index in [2.05, 4.69) is 43.6 Å². The first-order valence-corrected chi connectivity index (χ1v) is 6.37. The van der Waals surface area contributed by atoms with Crippen molar-refractivity contribution in [2.45, 2.75) is 18.9 Å². The quantitative estimate of drug-likeness (QED) is 0.601. The maximum absolute atomic E-state index is 4.44. The lowest BCUT2D eigenvalue weighted by atomic mass is 10.1. The third-order valence-corrected chi connectivity index (χ3v) is 3.39. The van der Waals surface area contributed by atoms with Crippen molar-refractivity contribution in [3.8, 4) is 0 Å². The molecule has 1 fully saturated rings. The molecule has 100 valence electrons. The van der Waals surface area contributed by atoms with E-state index >= 15 is 0 Å². The van der Waals surface area contributed by atoms with E-state index in [9.17, 15) is 0 Å². The fourth-order valence-electron chi connectivity index (χ4n) is 2.23. The van der Waals surface area contributed by atoms with Crippen LogP contribution in [0.3, 0.4) is 0 Å². The summed E-state index contributed by atoms with van der Waals surface area (Å²) in [6, 6.07) is 0.522. The van der Waals surface area contributed by atoms with E-state index in [-0.39, 0.29) is 0 Å². The molecule has 6 nitrogen and oxygen atoms in total. The zero-order valence-corrected chi connectivity index (χ0v) is 11.3. The molecule has 6 heteroatoms. The van der Waals surface area contributed by atoms with Gasteiger partial charge in [0.15, 0.2) is 5.96 Å². The van der Waals surface area contributed by atoms with E-state index in [0.717, 1.165) is 24.7 Å². The van der Waals surface area contributed by atoms with Gasteiger partial charge >= 0.3 is 0 Å². The first-order valence-electron chi connectivity index (χ1n) is 6.37. The molecule has 1 saturated heterocycles. The van der Waals surface area contributed by atoms with Crippen molar-refractivity contribution < 1.29 is 0 Å². The monoisotopic (exact) mass is 250 g/mol. The summed E-state index contributed by atoms with van der Waals surface area (Å²) in [6.45, 7) is 2.29. The van der Waals surface area contributed by atoms with Crippen LogP contribution < -0.4 is 10.6 Å². The van der Waals surface area contributed by atoms with Crippen molar-refractivity contribution in [2.75, 3.05) is 39.5 Å². The predicted molar refractivity (Wildman–Crippen MR) is 74.0 cm³/mol. The molecule has 2 N–H and O–H groups in total. The summed E-state index contributed by atoms with van der Waals surface area (Å²) in [7, 11) is 5.76. The van der Waals surface area contributed by atoms with Crippen LogP contribution in [0.15, 0.2) is 17.4 Å².